The fraction of sp³-hybridized carbons (Fsp3) is 0.450. The van der Waals surface area contributed by atoms with Crippen LogP contribution >= 0.6 is 23.5 Å². The van der Waals surface area contributed by atoms with Gasteiger partial charge in [0.05, 0.1) is 25.1 Å². The highest BCUT2D eigenvalue weighted by atomic mass is 79.9. The fourth-order valence-corrected chi connectivity index (χ4v) is 4.69. The molecule has 0 aliphatic heterocycles. The minimum Gasteiger partial charge on any atom is -0.458 e. The molecule has 1 unspecified atom stereocenters. The van der Waals surface area contributed by atoms with Crippen molar-refractivity contribution in [2.75, 3.05) is 18.5 Å². The zero-order chi connectivity index (χ0) is 24.1. The Morgan fingerprint density at radius 3 is 2.38 bits per heavy atom. The number of nitrogens with zero attached hydrogens (tertiary/aromatic N) is 2. The Bertz CT molecular complexity index is 1010. The van der Waals surface area contributed by atoms with Crippen molar-refractivity contribution in [2.24, 2.45) is 0 Å². The standard InChI is InChI=1S/C20H25BrF2N3O5P/c1-6-29-32(28,30-7-2)18(19(27)31-20(3,4)5)26-17-16(21)25-14(11-24-17)12-9-8-10-13(22)15(12)23/h8-11,18H,6-7H2,1-5H3,(H,24,26). The number of rotatable bonds is 9. The number of carbonyl (C=O) groups is 1. The first-order valence-corrected chi connectivity index (χ1v) is 12.2. The average molecular weight is 536 g/mol. The van der Waals surface area contributed by atoms with Crippen molar-refractivity contribution in [3.63, 3.8) is 0 Å². The van der Waals surface area contributed by atoms with Crippen LogP contribution in [0.4, 0.5) is 14.6 Å². The van der Waals surface area contributed by atoms with Gasteiger partial charge < -0.3 is 19.1 Å². The second kappa shape index (κ2) is 10.8. The normalized spacial score (nSPS) is 13.0. The first kappa shape index (κ1) is 26.3. The Labute approximate surface area is 193 Å². The van der Waals surface area contributed by atoms with Gasteiger partial charge in [-0.15, -0.1) is 0 Å². The zero-order valence-electron chi connectivity index (χ0n) is 18.3. The predicted octanol–water partition coefficient (Wildman–Crippen LogP) is 5.53. The van der Waals surface area contributed by atoms with Gasteiger partial charge in [-0.25, -0.2) is 23.5 Å². The molecule has 12 heteroatoms. The number of carbonyl (C=O) groups excluding carboxylic acids is 1. The molecule has 0 amide bonds. The molecule has 2 rings (SSSR count). The van der Waals surface area contributed by atoms with E-state index in [1.54, 1.807) is 34.6 Å². The maximum Gasteiger partial charge on any atom is 0.364 e. The van der Waals surface area contributed by atoms with Gasteiger partial charge in [-0.3, -0.25) is 4.57 Å². The van der Waals surface area contributed by atoms with Crippen LogP contribution in [0.2, 0.25) is 0 Å². The second-order valence-corrected chi connectivity index (χ2v) is 10.3. The van der Waals surface area contributed by atoms with Gasteiger partial charge in [-0.1, -0.05) is 6.07 Å². The van der Waals surface area contributed by atoms with E-state index in [-0.39, 0.29) is 34.9 Å². The SMILES string of the molecule is CCOP(=O)(OCC)C(Nc1ncc(-c2cccc(F)c2F)nc1Br)C(=O)OC(C)(C)C. The van der Waals surface area contributed by atoms with Gasteiger partial charge >= 0.3 is 13.6 Å². The third kappa shape index (κ3) is 6.54. The Kier molecular flexibility index (Phi) is 8.87. The number of benzene rings is 1. The van der Waals surface area contributed by atoms with Gasteiger partial charge in [0.25, 0.3) is 0 Å². The van der Waals surface area contributed by atoms with Crippen LogP contribution < -0.4 is 5.32 Å². The Morgan fingerprint density at radius 2 is 1.84 bits per heavy atom. The summed E-state index contributed by atoms with van der Waals surface area (Å²) in [6.07, 6.45) is 1.18. The molecule has 1 heterocycles. The molecular formula is C20H25BrF2N3O5P. The summed E-state index contributed by atoms with van der Waals surface area (Å²) in [4.78, 5) is 21.2. The van der Waals surface area contributed by atoms with Crippen LogP contribution in [0.3, 0.4) is 0 Å². The quantitative estimate of drug-likeness (QED) is 0.330. The first-order valence-electron chi connectivity index (χ1n) is 9.77. The highest BCUT2D eigenvalue weighted by molar-refractivity contribution is 9.10. The summed E-state index contributed by atoms with van der Waals surface area (Å²) in [5, 5.41) is 2.71. The van der Waals surface area contributed by atoms with Crippen molar-refractivity contribution >= 4 is 35.3 Å². The van der Waals surface area contributed by atoms with E-state index in [9.17, 15) is 18.1 Å². The number of aromatic nitrogens is 2. The summed E-state index contributed by atoms with van der Waals surface area (Å²) in [7, 11) is -4.03. The highest BCUT2D eigenvalue weighted by Crippen LogP contribution is 2.53. The van der Waals surface area contributed by atoms with E-state index in [1.165, 1.54) is 18.3 Å². The van der Waals surface area contributed by atoms with Crippen LogP contribution in [0.1, 0.15) is 34.6 Å². The van der Waals surface area contributed by atoms with E-state index < -0.39 is 36.6 Å². The summed E-state index contributed by atoms with van der Waals surface area (Å²) >= 11 is 3.20. The van der Waals surface area contributed by atoms with Gasteiger partial charge in [0.15, 0.2) is 17.5 Å². The Morgan fingerprint density at radius 1 is 1.22 bits per heavy atom. The summed E-state index contributed by atoms with van der Waals surface area (Å²) in [5.41, 5.74) is -0.920. The van der Waals surface area contributed by atoms with Crippen molar-refractivity contribution in [3.8, 4) is 11.3 Å². The van der Waals surface area contributed by atoms with E-state index >= 15 is 0 Å². The molecule has 0 aliphatic rings. The lowest BCUT2D eigenvalue weighted by Gasteiger charge is -2.29. The number of anilines is 1. The van der Waals surface area contributed by atoms with Crippen molar-refractivity contribution < 1.29 is 31.9 Å². The van der Waals surface area contributed by atoms with Crippen LogP contribution in [0.5, 0.6) is 0 Å². The molecule has 1 aromatic heterocycles. The molecule has 1 N–H and O–H groups in total. The minimum absolute atomic E-state index is 0.000974. The summed E-state index contributed by atoms with van der Waals surface area (Å²) in [6, 6.07) is 3.68. The van der Waals surface area contributed by atoms with Crippen molar-refractivity contribution in [1.82, 2.24) is 9.97 Å². The van der Waals surface area contributed by atoms with Gasteiger partial charge in [0, 0.05) is 5.56 Å². The first-order chi connectivity index (χ1) is 14.9. The molecule has 0 fully saturated rings. The van der Waals surface area contributed by atoms with Crippen LogP contribution in [0.15, 0.2) is 29.0 Å². The molecule has 1 atom stereocenters. The topological polar surface area (TPSA) is 99.6 Å². The maximum absolute atomic E-state index is 14.1. The van der Waals surface area contributed by atoms with Crippen molar-refractivity contribution in [2.45, 2.75) is 46.0 Å². The van der Waals surface area contributed by atoms with Crippen LogP contribution in [-0.4, -0.2) is 40.5 Å². The van der Waals surface area contributed by atoms with E-state index in [2.05, 4.69) is 31.2 Å². The lowest BCUT2D eigenvalue weighted by atomic mass is 10.1. The Hall–Kier alpha value is -1.94. The van der Waals surface area contributed by atoms with E-state index in [1.807, 2.05) is 0 Å². The third-order valence-electron chi connectivity index (χ3n) is 3.80. The molecule has 0 saturated heterocycles. The van der Waals surface area contributed by atoms with Gasteiger partial charge in [0.2, 0.25) is 5.78 Å². The molecule has 0 aliphatic carbocycles. The van der Waals surface area contributed by atoms with Crippen LogP contribution in [0.25, 0.3) is 11.3 Å². The molecule has 1 aromatic carbocycles. The van der Waals surface area contributed by atoms with Crippen molar-refractivity contribution in [3.05, 3.63) is 40.6 Å². The largest absolute Gasteiger partial charge is 0.458 e. The molecule has 0 bridgehead atoms. The zero-order valence-corrected chi connectivity index (χ0v) is 20.8. The van der Waals surface area contributed by atoms with E-state index in [4.69, 9.17) is 13.8 Å². The number of halogens is 3. The third-order valence-corrected chi connectivity index (χ3v) is 6.56. The molecule has 0 spiro atoms. The number of hydrogen-bond acceptors (Lipinski definition) is 8. The lowest BCUT2D eigenvalue weighted by molar-refractivity contribution is -0.154. The molecule has 2 aromatic rings. The monoisotopic (exact) mass is 535 g/mol. The summed E-state index contributed by atoms with van der Waals surface area (Å²) < 4.78 is 57.1. The van der Waals surface area contributed by atoms with Gasteiger partial charge in [-0.05, 0) is 62.7 Å². The van der Waals surface area contributed by atoms with Gasteiger partial charge in [-0.2, -0.15) is 0 Å². The van der Waals surface area contributed by atoms with Crippen LogP contribution in [0, 0.1) is 11.6 Å². The minimum atomic E-state index is -4.03. The fourth-order valence-electron chi connectivity index (χ4n) is 2.60. The summed E-state index contributed by atoms with van der Waals surface area (Å²) in [5.74, 6) is -4.53. The predicted molar refractivity (Wildman–Crippen MR) is 119 cm³/mol. The van der Waals surface area contributed by atoms with E-state index in [0.29, 0.717) is 0 Å². The number of hydrogen-bond donors (Lipinski definition) is 1. The van der Waals surface area contributed by atoms with Gasteiger partial charge in [0.1, 0.15) is 10.2 Å². The maximum atomic E-state index is 14.1. The molecule has 8 nitrogen and oxygen atoms in total. The number of ether oxygens (including phenoxy) is 1. The molecule has 32 heavy (non-hydrogen) atoms. The van der Waals surface area contributed by atoms with Crippen molar-refractivity contribution in [1.29, 1.82) is 0 Å². The average Bonchev–Trinajstić information content (AvgIpc) is 2.68. The molecular weight excluding hydrogens is 511 g/mol. The molecule has 176 valence electrons. The van der Waals surface area contributed by atoms with Crippen LogP contribution in [-0.2, 0) is 23.1 Å². The highest BCUT2D eigenvalue weighted by Gasteiger charge is 2.44. The lowest BCUT2D eigenvalue weighted by Crippen LogP contribution is -2.38. The second-order valence-electron chi connectivity index (χ2n) is 7.45. The smallest absolute Gasteiger partial charge is 0.364 e. The number of esters is 1. The molecule has 0 saturated carbocycles. The van der Waals surface area contributed by atoms with E-state index in [0.717, 1.165) is 6.07 Å². The number of nitrogens with one attached hydrogen (secondary N) is 1. The molecule has 0 radical (unpaired) electrons. The Balaban J connectivity index is 2.45. The summed E-state index contributed by atoms with van der Waals surface area (Å²) in [6.45, 7) is 8.22.